The molecule has 1 heterocycles. The Morgan fingerprint density at radius 3 is 2.62 bits per heavy atom. The Kier molecular flexibility index (Phi) is 4.58. The van der Waals surface area contributed by atoms with Crippen LogP contribution < -0.4 is 10.1 Å². The third kappa shape index (κ3) is 4.83. The molecule has 1 aromatic carbocycles. The van der Waals surface area contributed by atoms with Crippen molar-refractivity contribution in [1.82, 2.24) is 10.3 Å². The molecule has 2 rings (SSSR count). The maximum Gasteiger partial charge on any atom is 0.219 e. The van der Waals surface area contributed by atoms with E-state index in [1.165, 1.54) is 12.1 Å². The summed E-state index contributed by atoms with van der Waals surface area (Å²) < 4.78 is 18.8. The van der Waals surface area contributed by atoms with Crippen LogP contribution in [0, 0.1) is 12.7 Å². The van der Waals surface area contributed by atoms with Gasteiger partial charge in [-0.1, -0.05) is 6.07 Å². The van der Waals surface area contributed by atoms with Crippen LogP contribution in [-0.4, -0.2) is 10.5 Å². The van der Waals surface area contributed by atoms with Crippen molar-refractivity contribution >= 4 is 0 Å². The number of nitrogens with zero attached hydrogens (tertiary/aromatic N) is 1. The number of nitrogens with one attached hydrogen (secondary N) is 1. The van der Waals surface area contributed by atoms with Gasteiger partial charge in [0.15, 0.2) is 0 Å². The summed E-state index contributed by atoms with van der Waals surface area (Å²) in [6.07, 6.45) is 0. The second-order valence-electron chi connectivity index (χ2n) is 6.08. The molecular formula is C17H21FN2O. The maximum atomic E-state index is 13.1. The molecule has 0 unspecified atom stereocenters. The number of aryl methyl sites for hydroxylation is 1. The van der Waals surface area contributed by atoms with E-state index in [4.69, 9.17) is 4.74 Å². The van der Waals surface area contributed by atoms with Crippen molar-refractivity contribution in [3.05, 3.63) is 53.5 Å². The standard InChI is InChI=1S/C17H21FN2O/c1-12-10-13(18)8-9-15(12)21-16-7-5-6-14(20-16)11-19-17(2,3)4/h5-10,19H,11H2,1-4H3. The molecule has 0 atom stereocenters. The molecule has 0 fully saturated rings. The molecular weight excluding hydrogens is 267 g/mol. The Hall–Kier alpha value is -1.94. The van der Waals surface area contributed by atoms with Gasteiger partial charge in [-0.3, -0.25) is 0 Å². The largest absolute Gasteiger partial charge is 0.439 e. The molecule has 0 spiro atoms. The first-order valence-corrected chi connectivity index (χ1v) is 6.98. The zero-order valence-electron chi connectivity index (χ0n) is 12.9. The van der Waals surface area contributed by atoms with Crippen molar-refractivity contribution in [2.75, 3.05) is 0 Å². The lowest BCUT2D eigenvalue weighted by atomic mass is 10.1. The first-order chi connectivity index (χ1) is 9.83. The van der Waals surface area contributed by atoms with Gasteiger partial charge < -0.3 is 10.1 Å². The van der Waals surface area contributed by atoms with Gasteiger partial charge in [0.2, 0.25) is 5.88 Å². The summed E-state index contributed by atoms with van der Waals surface area (Å²) in [5.41, 5.74) is 1.68. The van der Waals surface area contributed by atoms with Crippen molar-refractivity contribution < 1.29 is 9.13 Å². The predicted octanol–water partition coefficient (Wildman–Crippen LogP) is 4.21. The fourth-order valence-corrected chi connectivity index (χ4v) is 1.81. The summed E-state index contributed by atoms with van der Waals surface area (Å²) in [5.74, 6) is 0.860. The zero-order valence-corrected chi connectivity index (χ0v) is 12.9. The highest BCUT2D eigenvalue weighted by atomic mass is 19.1. The molecule has 0 aliphatic heterocycles. The van der Waals surface area contributed by atoms with Gasteiger partial charge in [0.05, 0.1) is 5.69 Å². The van der Waals surface area contributed by atoms with Crippen molar-refractivity contribution in [3.8, 4) is 11.6 Å². The SMILES string of the molecule is Cc1cc(F)ccc1Oc1cccc(CNC(C)(C)C)n1. The molecule has 112 valence electrons. The van der Waals surface area contributed by atoms with Crippen LogP contribution in [0.15, 0.2) is 36.4 Å². The van der Waals surface area contributed by atoms with Crippen molar-refractivity contribution in [1.29, 1.82) is 0 Å². The van der Waals surface area contributed by atoms with Gasteiger partial charge in [0.25, 0.3) is 0 Å². The third-order valence-electron chi connectivity index (χ3n) is 2.93. The molecule has 0 saturated heterocycles. The molecule has 3 nitrogen and oxygen atoms in total. The van der Waals surface area contributed by atoms with Crippen molar-refractivity contribution in [2.24, 2.45) is 0 Å². The number of ether oxygens (including phenoxy) is 1. The number of pyridine rings is 1. The Labute approximate surface area is 125 Å². The lowest BCUT2D eigenvalue weighted by Crippen LogP contribution is -2.35. The molecule has 0 amide bonds. The molecule has 0 bridgehead atoms. The van der Waals surface area contributed by atoms with Gasteiger partial charge in [-0.25, -0.2) is 9.37 Å². The fraction of sp³-hybridized carbons (Fsp3) is 0.353. The van der Waals surface area contributed by atoms with Gasteiger partial charge >= 0.3 is 0 Å². The second kappa shape index (κ2) is 6.22. The van der Waals surface area contributed by atoms with Gasteiger partial charge in [0, 0.05) is 18.2 Å². The lowest BCUT2D eigenvalue weighted by Gasteiger charge is -2.20. The normalized spacial score (nSPS) is 11.5. The Bertz CT molecular complexity index is 620. The van der Waals surface area contributed by atoms with Crippen LogP contribution in [0.3, 0.4) is 0 Å². The Morgan fingerprint density at radius 2 is 1.95 bits per heavy atom. The fourth-order valence-electron chi connectivity index (χ4n) is 1.81. The summed E-state index contributed by atoms with van der Waals surface area (Å²) in [6, 6.07) is 10.1. The minimum atomic E-state index is -0.268. The van der Waals surface area contributed by atoms with Gasteiger partial charge in [-0.2, -0.15) is 0 Å². The van der Waals surface area contributed by atoms with E-state index in [0.29, 0.717) is 18.2 Å². The van der Waals surface area contributed by atoms with Crippen LogP contribution in [0.4, 0.5) is 4.39 Å². The van der Waals surface area contributed by atoms with Crippen molar-refractivity contribution in [3.63, 3.8) is 0 Å². The van der Waals surface area contributed by atoms with E-state index in [1.54, 1.807) is 12.1 Å². The monoisotopic (exact) mass is 288 g/mol. The number of rotatable bonds is 4. The van der Waals surface area contributed by atoms with E-state index in [0.717, 1.165) is 11.3 Å². The third-order valence-corrected chi connectivity index (χ3v) is 2.93. The molecule has 0 radical (unpaired) electrons. The Morgan fingerprint density at radius 1 is 1.19 bits per heavy atom. The van der Waals surface area contributed by atoms with Crippen LogP contribution in [0.25, 0.3) is 0 Å². The van der Waals surface area contributed by atoms with E-state index < -0.39 is 0 Å². The topological polar surface area (TPSA) is 34.1 Å². The first-order valence-electron chi connectivity index (χ1n) is 6.98. The average molecular weight is 288 g/mol. The lowest BCUT2D eigenvalue weighted by molar-refractivity contribution is 0.415. The smallest absolute Gasteiger partial charge is 0.219 e. The predicted molar refractivity (Wildman–Crippen MR) is 82.0 cm³/mol. The van der Waals surface area contributed by atoms with Crippen LogP contribution in [-0.2, 0) is 6.54 Å². The molecule has 1 aromatic heterocycles. The minimum Gasteiger partial charge on any atom is -0.439 e. The maximum absolute atomic E-state index is 13.1. The number of halogens is 1. The van der Waals surface area contributed by atoms with Crippen LogP contribution in [0.1, 0.15) is 32.0 Å². The van der Waals surface area contributed by atoms with Crippen LogP contribution >= 0.6 is 0 Å². The van der Waals surface area contributed by atoms with Crippen molar-refractivity contribution in [2.45, 2.75) is 39.8 Å². The highest BCUT2D eigenvalue weighted by Crippen LogP contribution is 2.24. The summed E-state index contributed by atoms with van der Waals surface area (Å²) in [5, 5.41) is 3.38. The molecule has 4 heteroatoms. The minimum absolute atomic E-state index is 0.0338. The molecule has 21 heavy (non-hydrogen) atoms. The van der Waals surface area contributed by atoms with Crippen LogP contribution in [0.5, 0.6) is 11.6 Å². The van der Waals surface area contributed by atoms with E-state index in [2.05, 4.69) is 31.1 Å². The van der Waals surface area contributed by atoms with E-state index >= 15 is 0 Å². The average Bonchev–Trinajstić information content (AvgIpc) is 2.39. The molecule has 0 saturated carbocycles. The highest BCUT2D eigenvalue weighted by molar-refractivity contribution is 5.35. The van der Waals surface area contributed by atoms with E-state index in [9.17, 15) is 4.39 Å². The molecule has 1 N–H and O–H groups in total. The van der Waals surface area contributed by atoms with E-state index in [-0.39, 0.29) is 11.4 Å². The summed E-state index contributed by atoms with van der Waals surface area (Å²) >= 11 is 0. The second-order valence-corrected chi connectivity index (χ2v) is 6.08. The quantitative estimate of drug-likeness (QED) is 0.915. The first kappa shape index (κ1) is 15.4. The Balaban J connectivity index is 2.10. The van der Waals surface area contributed by atoms with Gasteiger partial charge in [0.1, 0.15) is 11.6 Å². The number of hydrogen-bond donors (Lipinski definition) is 1. The molecule has 0 aliphatic rings. The number of aromatic nitrogens is 1. The number of benzene rings is 1. The highest BCUT2D eigenvalue weighted by Gasteiger charge is 2.10. The summed E-state index contributed by atoms with van der Waals surface area (Å²) in [7, 11) is 0. The zero-order chi connectivity index (χ0) is 15.5. The molecule has 2 aromatic rings. The van der Waals surface area contributed by atoms with Crippen LogP contribution in [0.2, 0.25) is 0 Å². The van der Waals surface area contributed by atoms with Gasteiger partial charge in [-0.05, 0) is 57.5 Å². The molecule has 0 aliphatic carbocycles. The van der Waals surface area contributed by atoms with E-state index in [1.807, 2.05) is 19.1 Å². The summed E-state index contributed by atoms with van der Waals surface area (Å²) in [4.78, 5) is 4.46. The summed E-state index contributed by atoms with van der Waals surface area (Å²) in [6.45, 7) is 8.80. The van der Waals surface area contributed by atoms with Gasteiger partial charge in [-0.15, -0.1) is 0 Å². The number of hydrogen-bond acceptors (Lipinski definition) is 3.